The number of benzene rings is 1. The number of ketones is 1. The Bertz CT molecular complexity index is 1030. The molecule has 0 unspecified atom stereocenters. The Morgan fingerprint density at radius 3 is 2.38 bits per heavy atom. The van der Waals surface area contributed by atoms with Crippen molar-refractivity contribution in [2.45, 2.75) is 40.7 Å². The normalized spacial score (nSPS) is 11.0. The van der Waals surface area contributed by atoms with Gasteiger partial charge in [0.1, 0.15) is 11.5 Å². The van der Waals surface area contributed by atoms with Crippen molar-refractivity contribution in [2.75, 3.05) is 6.61 Å². The van der Waals surface area contributed by atoms with E-state index in [1.54, 1.807) is 38.1 Å². The maximum Gasteiger partial charge on any atom is 0.338 e. The Morgan fingerprint density at radius 2 is 1.79 bits per heavy atom. The zero-order valence-electron chi connectivity index (χ0n) is 17.2. The summed E-state index contributed by atoms with van der Waals surface area (Å²) in [5.41, 5.74) is 2.66. The monoisotopic (exact) mass is 396 g/mol. The van der Waals surface area contributed by atoms with Crippen LogP contribution in [0.1, 0.15) is 51.7 Å². The van der Waals surface area contributed by atoms with Gasteiger partial charge in [0.2, 0.25) is 5.78 Å². The number of nitrogens with zero attached hydrogens (tertiary/aromatic N) is 2. The third-order valence-corrected chi connectivity index (χ3v) is 4.38. The summed E-state index contributed by atoms with van der Waals surface area (Å²) in [4.78, 5) is 24.6. The van der Waals surface area contributed by atoms with Crippen LogP contribution in [-0.2, 0) is 4.74 Å². The van der Waals surface area contributed by atoms with Crippen LogP contribution in [-0.4, -0.2) is 34.2 Å². The molecule has 29 heavy (non-hydrogen) atoms. The standard InChI is InChI=1S/C22H24N2O5/c1-13(2)28-22(26)17-6-8-18(9-7-17)27-12-20(25)19-10-14(3)24(16(19)5)21-11-15(4)29-23-21/h6-11,13H,12H2,1-5H3. The summed E-state index contributed by atoms with van der Waals surface area (Å²) >= 11 is 0. The summed E-state index contributed by atoms with van der Waals surface area (Å²) in [6.45, 7) is 9.06. The highest BCUT2D eigenvalue weighted by atomic mass is 16.5. The molecule has 3 aromatic rings. The molecule has 0 aliphatic carbocycles. The summed E-state index contributed by atoms with van der Waals surface area (Å²) in [7, 11) is 0. The molecule has 1 aromatic carbocycles. The lowest BCUT2D eigenvalue weighted by molar-refractivity contribution is 0.0377. The van der Waals surface area contributed by atoms with Crippen LogP contribution in [0.25, 0.3) is 5.82 Å². The van der Waals surface area contributed by atoms with Gasteiger partial charge in [-0.25, -0.2) is 4.79 Å². The number of carbonyl (C=O) groups is 2. The summed E-state index contributed by atoms with van der Waals surface area (Å²) in [5.74, 6) is 1.30. The van der Waals surface area contributed by atoms with E-state index in [4.69, 9.17) is 14.0 Å². The topological polar surface area (TPSA) is 83.6 Å². The molecule has 0 spiro atoms. The van der Waals surface area contributed by atoms with Gasteiger partial charge < -0.3 is 14.0 Å². The Hall–Kier alpha value is -3.35. The minimum Gasteiger partial charge on any atom is -0.485 e. The Kier molecular flexibility index (Phi) is 5.87. The first kappa shape index (κ1) is 20.4. The molecule has 0 fully saturated rings. The van der Waals surface area contributed by atoms with E-state index >= 15 is 0 Å². The van der Waals surface area contributed by atoms with E-state index in [1.165, 1.54) is 0 Å². The average molecular weight is 396 g/mol. The number of hydrogen-bond acceptors (Lipinski definition) is 6. The molecule has 2 aromatic heterocycles. The van der Waals surface area contributed by atoms with E-state index in [-0.39, 0.29) is 18.5 Å². The van der Waals surface area contributed by atoms with Crippen molar-refractivity contribution < 1.29 is 23.6 Å². The number of aromatic nitrogens is 2. The number of aryl methyl sites for hydroxylation is 2. The molecule has 0 amide bonds. The first-order valence-electron chi connectivity index (χ1n) is 9.36. The molecule has 0 aliphatic rings. The highest BCUT2D eigenvalue weighted by molar-refractivity contribution is 5.98. The van der Waals surface area contributed by atoms with Crippen LogP contribution in [0.5, 0.6) is 5.75 Å². The Labute approximate surface area is 169 Å². The van der Waals surface area contributed by atoms with Gasteiger partial charge in [-0.3, -0.25) is 9.36 Å². The molecule has 0 saturated carbocycles. The predicted octanol–water partition coefficient (Wildman–Crippen LogP) is 4.22. The molecular weight excluding hydrogens is 372 g/mol. The molecule has 2 heterocycles. The van der Waals surface area contributed by atoms with Crippen LogP contribution in [0.2, 0.25) is 0 Å². The van der Waals surface area contributed by atoms with Gasteiger partial charge in [0, 0.05) is 23.0 Å². The minimum absolute atomic E-state index is 0.113. The van der Waals surface area contributed by atoms with Crippen LogP contribution in [0, 0.1) is 20.8 Å². The van der Waals surface area contributed by atoms with Gasteiger partial charge in [-0.05, 0) is 65.0 Å². The van der Waals surface area contributed by atoms with Gasteiger partial charge in [-0.1, -0.05) is 5.16 Å². The van der Waals surface area contributed by atoms with E-state index in [2.05, 4.69) is 5.16 Å². The lowest BCUT2D eigenvalue weighted by atomic mass is 10.1. The van der Waals surface area contributed by atoms with Crippen molar-refractivity contribution in [3.8, 4) is 11.6 Å². The maximum absolute atomic E-state index is 12.7. The number of esters is 1. The highest BCUT2D eigenvalue weighted by Crippen LogP contribution is 2.22. The summed E-state index contributed by atoms with van der Waals surface area (Å²) < 4.78 is 17.8. The predicted molar refractivity (Wildman–Crippen MR) is 107 cm³/mol. The maximum atomic E-state index is 12.7. The molecule has 7 heteroatoms. The fourth-order valence-electron chi connectivity index (χ4n) is 3.05. The quantitative estimate of drug-likeness (QED) is 0.439. The van der Waals surface area contributed by atoms with E-state index in [0.717, 1.165) is 11.4 Å². The summed E-state index contributed by atoms with van der Waals surface area (Å²) in [5, 5.41) is 4.02. The number of carbonyl (C=O) groups excluding carboxylic acids is 2. The van der Waals surface area contributed by atoms with E-state index in [9.17, 15) is 9.59 Å². The first-order valence-corrected chi connectivity index (χ1v) is 9.36. The zero-order valence-corrected chi connectivity index (χ0v) is 17.2. The number of hydrogen-bond donors (Lipinski definition) is 0. The van der Waals surface area contributed by atoms with Gasteiger partial charge in [-0.2, -0.15) is 0 Å². The largest absolute Gasteiger partial charge is 0.485 e. The highest BCUT2D eigenvalue weighted by Gasteiger charge is 2.19. The lowest BCUT2D eigenvalue weighted by Crippen LogP contribution is -2.13. The smallest absolute Gasteiger partial charge is 0.338 e. The van der Waals surface area contributed by atoms with Crippen molar-refractivity contribution in [1.29, 1.82) is 0 Å². The van der Waals surface area contributed by atoms with Crippen molar-refractivity contribution in [1.82, 2.24) is 9.72 Å². The second-order valence-electron chi connectivity index (χ2n) is 7.11. The zero-order chi connectivity index (χ0) is 21.1. The van der Waals surface area contributed by atoms with Gasteiger partial charge in [0.25, 0.3) is 0 Å². The Morgan fingerprint density at radius 1 is 1.10 bits per heavy atom. The van der Waals surface area contributed by atoms with Crippen LogP contribution in [0.15, 0.2) is 40.9 Å². The van der Waals surface area contributed by atoms with Crippen molar-refractivity contribution in [3.63, 3.8) is 0 Å². The number of rotatable bonds is 7. The molecule has 3 rings (SSSR count). The van der Waals surface area contributed by atoms with E-state index in [1.807, 2.05) is 37.5 Å². The SMILES string of the molecule is Cc1cc(-n2c(C)cc(C(=O)COc3ccc(C(=O)OC(C)C)cc3)c2C)no1. The van der Waals surface area contributed by atoms with Gasteiger partial charge in [0.05, 0.1) is 11.7 Å². The Balaban J connectivity index is 1.68. The molecule has 0 atom stereocenters. The first-order chi connectivity index (χ1) is 13.8. The van der Waals surface area contributed by atoms with Gasteiger partial charge >= 0.3 is 5.97 Å². The van der Waals surface area contributed by atoms with Crippen molar-refractivity contribution in [3.05, 3.63) is 64.7 Å². The summed E-state index contributed by atoms with van der Waals surface area (Å²) in [6, 6.07) is 10.1. The van der Waals surface area contributed by atoms with Crippen LogP contribution in [0.3, 0.4) is 0 Å². The number of ether oxygens (including phenoxy) is 2. The van der Waals surface area contributed by atoms with E-state index < -0.39 is 5.97 Å². The van der Waals surface area contributed by atoms with Gasteiger partial charge in [0.15, 0.2) is 12.4 Å². The minimum atomic E-state index is -0.391. The van der Waals surface area contributed by atoms with Gasteiger partial charge in [-0.15, -0.1) is 0 Å². The molecule has 152 valence electrons. The molecule has 0 saturated heterocycles. The molecule has 0 aliphatic heterocycles. The average Bonchev–Trinajstić information content (AvgIpc) is 3.22. The fraction of sp³-hybridized carbons (Fsp3) is 0.318. The molecule has 7 nitrogen and oxygen atoms in total. The molecule has 0 bridgehead atoms. The van der Waals surface area contributed by atoms with Crippen molar-refractivity contribution >= 4 is 11.8 Å². The fourth-order valence-corrected chi connectivity index (χ4v) is 3.05. The third-order valence-electron chi connectivity index (χ3n) is 4.38. The summed E-state index contributed by atoms with van der Waals surface area (Å²) in [6.07, 6.45) is -0.184. The second kappa shape index (κ2) is 8.34. The molecular formula is C22H24N2O5. The van der Waals surface area contributed by atoms with Crippen LogP contribution >= 0.6 is 0 Å². The van der Waals surface area contributed by atoms with Crippen molar-refractivity contribution in [2.24, 2.45) is 0 Å². The van der Waals surface area contributed by atoms with Crippen LogP contribution < -0.4 is 4.74 Å². The second-order valence-corrected chi connectivity index (χ2v) is 7.11. The van der Waals surface area contributed by atoms with E-state index in [0.29, 0.717) is 28.5 Å². The lowest BCUT2D eigenvalue weighted by Gasteiger charge is -2.09. The number of Topliss-reactive ketones (excluding diaryl/α,β-unsaturated/α-hetero) is 1. The van der Waals surface area contributed by atoms with Crippen LogP contribution in [0.4, 0.5) is 0 Å². The molecule has 0 N–H and O–H groups in total. The molecule has 0 radical (unpaired) electrons. The third kappa shape index (κ3) is 4.56.